The lowest BCUT2D eigenvalue weighted by Gasteiger charge is -2.28. The molecule has 0 amide bonds. The third kappa shape index (κ3) is 4.88. The number of aliphatic carboxylic acids is 1. The van der Waals surface area contributed by atoms with Crippen LogP contribution in [-0.4, -0.2) is 17.2 Å². The molecule has 1 aliphatic rings. The number of benzene rings is 1. The lowest BCUT2D eigenvalue weighted by atomic mass is 9.86. The van der Waals surface area contributed by atoms with Gasteiger partial charge < -0.3 is 9.84 Å². The van der Waals surface area contributed by atoms with Crippen LogP contribution >= 0.6 is 0 Å². The molecule has 1 aromatic carbocycles. The third-order valence-corrected chi connectivity index (χ3v) is 3.99. The summed E-state index contributed by atoms with van der Waals surface area (Å²) in [6, 6.07) is 4.32. The highest BCUT2D eigenvalue weighted by Gasteiger charge is 2.21. The zero-order valence-corrected chi connectivity index (χ0v) is 12.2. The quantitative estimate of drug-likeness (QED) is 0.824. The molecule has 4 heteroatoms. The summed E-state index contributed by atoms with van der Waals surface area (Å²) >= 11 is 0. The molecule has 0 heterocycles. The van der Waals surface area contributed by atoms with Crippen LogP contribution in [0.4, 0.5) is 4.39 Å². The van der Waals surface area contributed by atoms with Gasteiger partial charge in [0.1, 0.15) is 11.6 Å². The zero-order valence-electron chi connectivity index (χ0n) is 12.2. The number of halogens is 1. The third-order valence-electron chi connectivity index (χ3n) is 3.99. The summed E-state index contributed by atoms with van der Waals surface area (Å²) in [7, 11) is 0. The maximum absolute atomic E-state index is 13.6. The average molecular weight is 292 g/mol. The lowest BCUT2D eigenvalue weighted by molar-refractivity contribution is -0.131. The molecule has 0 bridgehead atoms. The van der Waals surface area contributed by atoms with E-state index in [0.717, 1.165) is 37.7 Å². The molecule has 1 N–H and O–H groups in total. The van der Waals surface area contributed by atoms with Crippen molar-refractivity contribution >= 4 is 12.0 Å². The van der Waals surface area contributed by atoms with Gasteiger partial charge in [0.2, 0.25) is 0 Å². The highest BCUT2D eigenvalue weighted by Crippen LogP contribution is 2.30. The average Bonchev–Trinajstić information content (AvgIpc) is 2.45. The van der Waals surface area contributed by atoms with Crippen molar-refractivity contribution < 1.29 is 19.0 Å². The van der Waals surface area contributed by atoms with E-state index in [1.165, 1.54) is 24.6 Å². The van der Waals surface area contributed by atoms with Crippen LogP contribution in [0.2, 0.25) is 0 Å². The van der Waals surface area contributed by atoms with Gasteiger partial charge in [0.15, 0.2) is 0 Å². The van der Waals surface area contributed by atoms with Crippen LogP contribution in [-0.2, 0) is 4.79 Å². The smallest absolute Gasteiger partial charge is 0.328 e. The van der Waals surface area contributed by atoms with Gasteiger partial charge in [-0.15, -0.1) is 0 Å². The molecule has 1 aromatic rings. The first-order valence-electron chi connectivity index (χ1n) is 7.45. The number of carbonyl (C=O) groups is 1. The molecule has 0 atom stereocenters. The molecule has 21 heavy (non-hydrogen) atoms. The Morgan fingerprint density at radius 1 is 1.33 bits per heavy atom. The Morgan fingerprint density at radius 2 is 2.05 bits per heavy atom. The van der Waals surface area contributed by atoms with E-state index in [2.05, 4.69) is 6.92 Å². The summed E-state index contributed by atoms with van der Waals surface area (Å²) in [5.41, 5.74) is 0.495. The second-order valence-electron chi connectivity index (χ2n) is 5.56. The molecule has 114 valence electrons. The molecule has 3 nitrogen and oxygen atoms in total. The minimum atomic E-state index is -1.06. The second kappa shape index (κ2) is 7.25. The molecule has 0 aromatic heterocycles. The van der Waals surface area contributed by atoms with Crippen LogP contribution in [0.5, 0.6) is 5.75 Å². The van der Waals surface area contributed by atoms with Crippen LogP contribution in [0.25, 0.3) is 6.08 Å². The van der Waals surface area contributed by atoms with Crippen LogP contribution in [0.3, 0.4) is 0 Å². The van der Waals surface area contributed by atoms with E-state index >= 15 is 0 Å². The fourth-order valence-electron chi connectivity index (χ4n) is 2.77. The molecular weight excluding hydrogens is 271 g/mol. The first-order valence-corrected chi connectivity index (χ1v) is 7.45. The van der Waals surface area contributed by atoms with Crippen molar-refractivity contribution in [1.29, 1.82) is 0 Å². The molecule has 0 saturated heterocycles. The largest absolute Gasteiger partial charge is 0.490 e. The van der Waals surface area contributed by atoms with Gasteiger partial charge in [-0.3, -0.25) is 0 Å². The van der Waals surface area contributed by atoms with E-state index in [1.54, 1.807) is 6.07 Å². The van der Waals surface area contributed by atoms with E-state index in [4.69, 9.17) is 9.84 Å². The highest BCUT2D eigenvalue weighted by atomic mass is 19.1. The summed E-state index contributed by atoms with van der Waals surface area (Å²) in [5.74, 6) is -0.217. The lowest BCUT2D eigenvalue weighted by Crippen LogP contribution is -2.23. The number of carboxylic acids is 1. The van der Waals surface area contributed by atoms with Crippen molar-refractivity contribution in [3.63, 3.8) is 0 Å². The maximum atomic E-state index is 13.6. The van der Waals surface area contributed by atoms with Gasteiger partial charge in [0, 0.05) is 12.1 Å². The summed E-state index contributed by atoms with van der Waals surface area (Å²) in [6.07, 6.45) is 7.99. The summed E-state index contributed by atoms with van der Waals surface area (Å²) in [4.78, 5) is 10.5. The van der Waals surface area contributed by atoms with Crippen molar-refractivity contribution in [2.24, 2.45) is 5.92 Å². The Kier molecular flexibility index (Phi) is 5.37. The predicted molar refractivity (Wildman–Crippen MR) is 79.7 cm³/mol. The van der Waals surface area contributed by atoms with E-state index in [0.29, 0.717) is 11.3 Å². The SMILES string of the molecule is CCC1CCC(Oc2cc(F)cc(/C=C/C(=O)O)c2)CC1. The number of rotatable bonds is 5. The second-order valence-corrected chi connectivity index (χ2v) is 5.56. The Hall–Kier alpha value is -1.84. The molecule has 0 spiro atoms. The van der Waals surface area contributed by atoms with Crippen molar-refractivity contribution in [3.05, 3.63) is 35.7 Å². The van der Waals surface area contributed by atoms with Crippen molar-refractivity contribution in [3.8, 4) is 5.75 Å². The van der Waals surface area contributed by atoms with Gasteiger partial charge in [-0.2, -0.15) is 0 Å². The van der Waals surface area contributed by atoms with Gasteiger partial charge in [0.05, 0.1) is 6.10 Å². The first kappa shape index (κ1) is 15.5. The van der Waals surface area contributed by atoms with Crippen LogP contribution in [0.1, 0.15) is 44.6 Å². The molecule has 0 radical (unpaired) electrons. The van der Waals surface area contributed by atoms with Gasteiger partial charge in [-0.25, -0.2) is 9.18 Å². The zero-order chi connectivity index (χ0) is 15.2. The number of hydrogen-bond acceptors (Lipinski definition) is 2. The Balaban J connectivity index is 2.01. The van der Waals surface area contributed by atoms with E-state index in [1.807, 2.05) is 0 Å². The minimum absolute atomic E-state index is 0.130. The molecule has 1 fully saturated rings. The number of ether oxygens (including phenoxy) is 1. The van der Waals surface area contributed by atoms with Gasteiger partial charge in [0.25, 0.3) is 0 Å². The summed E-state index contributed by atoms with van der Waals surface area (Å²) < 4.78 is 19.4. The van der Waals surface area contributed by atoms with Crippen molar-refractivity contribution in [2.75, 3.05) is 0 Å². The normalized spacial score (nSPS) is 22.4. The molecule has 1 aliphatic carbocycles. The molecular formula is C17H21FO3. The van der Waals surface area contributed by atoms with E-state index in [9.17, 15) is 9.18 Å². The molecule has 0 aliphatic heterocycles. The van der Waals surface area contributed by atoms with Crippen molar-refractivity contribution in [2.45, 2.75) is 45.1 Å². The Morgan fingerprint density at radius 3 is 2.67 bits per heavy atom. The fraction of sp³-hybridized carbons (Fsp3) is 0.471. The summed E-state index contributed by atoms with van der Waals surface area (Å²) in [6.45, 7) is 2.21. The van der Waals surface area contributed by atoms with Crippen LogP contribution in [0.15, 0.2) is 24.3 Å². The van der Waals surface area contributed by atoms with Crippen molar-refractivity contribution in [1.82, 2.24) is 0 Å². The highest BCUT2D eigenvalue weighted by molar-refractivity contribution is 5.85. The van der Waals surface area contributed by atoms with E-state index in [-0.39, 0.29) is 6.10 Å². The fourth-order valence-corrected chi connectivity index (χ4v) is 2.77. The van der Waals surface area contributed by atoms with Gasteiger partial charge in [-0.05, 0) is 55.4 Å². The molecule has 0 unspecified atom stereocenters. The van der Waals surface area contributed by atoms with Crippen LogP contribution < -0.4 is 4.74 Å². The van der Waals surface area contributed by atoms with Crippen LogP contribution in [0, 0.1) is 11.7 Å². The topological polar surface area (TPSA) is 46.5 Å². The Bertz CT molecular complexity index is 517. The Labute approximate surface area is 124 Å². The predicted octanol–water partition coefficient (Wildman–Crippen LogP) is 4.27. The molecule has 1 saturated carbocycles. The first-order chi connectivity index (χ1) is 10.1. The molecule has 2 rings (SSSR count). The minimum Gasteiger partial charge on any atom is -0.490 e. The van der Waals surface area contributed by atoms with Gasteiger partial charge in [-0.1, -0.05) is 13.3 Å². The summed E-state index contributed by atoms with van der Waals surface area (Å²) in [5, 5.41) is 8.61. The van der Waals surface area contributed by atoms with E-state index < -0.39 is 11.8 Å². The maximum Gasteiger partial charge on any atom is 0.328 e. The monoisotopic (exact) mass is 292 g/mol. The number of carboxylic acid groups (broad SMARTS) is 1. The standard InChI is InChI=1S/C17H21FO3/c1-2-12-3-6-15(7-4-12)21-16-10-13(5-8-17(19)20)9-14(18)11-16/h5,8-12,15H,2-4,6-7H2,1H3,(H,19,20)/b8-5+. The van der Waals surface area contributed by atoms with Gasteiger partial charge >= 0.3 is 5.97 Å². The number of hydrogen-bond donors (Lipinski definition) is 1.